The second-order valence-electron chi connectivity index (χ2n) is 4.22. The van der Waals surface area contributed by atoms with Crippen molar-refractivity contribution in [2.45, 2.75) is 32.1 Å². The zero-order chi connectivity index (χ0) is 11.4. The van der Waals surface area contributed by atoms with Crippen molar-refractivity contribution < 1.29 is 9.13 Å². The highest BCUT2D eigenvalue weighted by atomic mass is 19.1. The quantitative estimate of drug-likeness (QED) is 0.801. The Morgan fingerprint density at radius 1 is 1.31 bits per heavy atom. The van der Waals surface area contributed by atoms with Crippen LogP contribution in [0.25, 0.3) is 0 Å². The van der Waals surface area contributed by atoms with Gasteiger partial charge >= 0.3 is 6.08 Å². The third kappa shape index (κ3) is 3.05. The Kier molecular flexibility index (Phi) is 3.54. The van der Waals surface area contributed by atoms with E-state index in [0.717, 1.165) is 0 Å². The number of hydrogen-bond donors (Lipinski definition) is 1. The molecule has 1 aliphatic rings. The van der Waals surface area contributed by atoms with Crippen LogP contribution in [-0.2, 0) is 0 Å². The van der Waals surface area contributed by atoms with E-state index < -0.39 is 6.08 Å². The maximum absolute atomic E-state index is 12.8. The summed E-state index contributed by atoms with van der Waals surface area (Å²) in [5, 5.41) is 0. The van der Waals surface area contributed by atoms with Gasteiger partial charge in [-0.25, -0.2) is 0 Å². The van der Waals surface area contributed by atoms with Gasteiger partial charge in [0.15, 0.2) is 0 Å². The first kappa shape index (κ1) is 11.1. The van der Waals surface area contributed by atoms with Crippen molar-refractivity contribution in [1.29, 1.82) is 0 Å². The van der Waals surface area contributed by atoms with Crippen LogP contribution in [-0.4, -0.2) is 16.6 Å². The molecule has 2 rings (SSSR count). The van der Waals surface area contributed by atoms with E-state index in [2.05, 4.69) is 9.97 Å². The SMILES string of the molecule is Nc1cc(OCC2CCCCC2)nc(F)n1. The normalized spacial score (nSPS) is 17.3. The molecule has 0 unspecified atom stereocenters. The average Bonchev–Trinajstić information content (AvgIpc) is 2.27. The lowest BCUT2D eigenvalue weighted by Crippen LogP contribution is -2.16. The molecule has 4 nitrogen and oxygen atoms in total. The third-order valence-corrected chi connectivity index (χ3v) is 2.89. The van der Waals surface area contributed by atoms with E-state index in [9.17, 15) is 4.39 Å². The first-order valence-electron chi connectivity index (χ1n) is 5.67. The van der Waals surface area contributed by atoms with Gasteiger partial charge in [0.05, 0.1) is 6.61 Å². The molecule has 1 saturated carbocycles. The van der Waals surface area contributed by atoms with Gasteiger partial charge in [-0.1, -0.05) is 19.3 Å². The second-order valence-corrected chi connectivity index (χ2v) is 4.22. The Bertz CT molecular complexity index is 333. The number of rotatable bonds is 3. The van der Waals surface area contributed by atoms with Crippen LogP contribution < -0.4 is 10.5 Å². The Morgan fingerprint density at radius 2 is 2.06 bits per heavy atom. The van der Waals surface area contributed by atoms with E-state index in [1.807, 2.05) is 0 Å². The van der Waals surface area contributed by atoms with Crippen molar-refractivity contribution in [3.63, 3.8) is 0 Å². The Labute approximate surface area is 94.0 Å². The molecule has 1 aliphatic carbocycles. The lowest BCUT2D eigenvalue weighted by atomic mass is 9.90. The van der Waals surface area contributed by atoms with Crippen LogP contribution in [0.4, 0.5) is 10.2 Å². The molecule has 0 bridgehead atoms. The number of hydrogen-bond acceptors (Lipinski definition) is 4. The Balaban J connectivity index is 1.88. The number of nitrogens with zero attached hydrogens (tertiary/aromatic N) is 2. The number of halogens is 1. The predicted octanol–water partition coefficient (Wildman–Crippen LogP) is 2.16. The molecule has 88 valence electrons. The van der Waals surface area contributed by atoms with Crippen molar-refractivity contribution in [2.75, 3.05) is 12.3 Å². The molecule has 0 amide bonds. The van der Waals surface area contributed by atoms with Crippen molar-refractivity contribution in [2.24, 2.45) is 5.92 Å². The summed E-state index contributed by atoms with van der Waals surface area (Å²) < 4.78 is 18.2. The van der Waals surface area contributed by atoms with Gasteiger partial charge in [0, 0.05) is 6.07 Å². The van der Waals surface area contributed by atoms with Gasteiger partial charge in [-0.05, 0) is 18.8 Å². The van der Waals surface area contributed by atoms with Gasteiger partial charge in [-0.3, -0.25) is 0 Å². The lowest BCUT2D eigenvalue weighted by molar-refractivity contribution is 0.200. The predicted molar refractivity (Wildman–Crippen MR) is 58.5 cm³/mol. The molecule has 1 aromatic heterocycles. The second kappa shape index (κ2) is 5.09. The van der Waals surface area contributed by atoms with Crippen LogP contribution in [0.5, 0.6) is 5.88 Å². The van der Waals surface area contributed by atoms with Crippen LogP contribution in [0.3, 0.4) is 0 Å². The van der Waals surface area contributed by atoms with E-state index in [-0.39, 0.29) is 11.7 Å². The maximum Gasteiger partial charge on any atom is 0.313 e. The van der Waals surface area contributed by atoms with Crippen molar-refractivity contribution in [3.8, 4) is 5.88 Å². The third-order valence-electron chi connectivity index (χ3n) is 2.89. The van der Waals surface area contributed by atoms with Crippen LogP contribution in [0.1, 0.15) is 32.1 Å². The van der Waals surface area contributed by atoms with Crippen LogP contribution >= 0.6 is 0 Å². The van der Waals surface area contributed by atoms with Gasteiger partial charge in [0.1, 0.15) is 5.82 Å². The van der Waals surface area contributed by atoms with Gasteiger partial charge in [-0.2, -0.15) is 14.4 Å². The first-order valence-corrected chi connectivity index (χ1v) is 5.67. The molecular formula is C11H16FN3O. The summed E-state index contributed by atoms with van der Waals surface area (Å²) in [4.78, 5) is 6.89. The summed E-state index contributed by atoms with van der Waals surface area (Å²) >= 11 is 0. The van der Waals surface area contributed by atoms with Crippen molar-refractivity contribution in [3.05, 3.63) is 12.1 Å². The van der Waals surface area contributed by atoms with Gasteiger partial charge in [0.25, 0.3) is 0 Å². The smallest absolute Gasteiger partial charge is 0.313 e. The first-order chi connectivity index (χ1) is 7.74. The highest BCUT2D eigenvalue weighted by molar-refractivity contribution is 5.31. The molecule has 5 heteroatoms. The van der Waals surface area contributed by atoms with Crippen LogP contribution in [0.2, 0.25) is 0 Å². The monoisotopic (exact) mass is 225 g/mol. The number of aromatic nitrogens is 2. The minimum Gasteiger partial charge on any atom is -0.477 e. The number of anilines is 1. The summed E-state index contributed by atoms with van der Waals surface area (Å²) in [7, 11) is 0. The maximum atomic E-state index is 12.8. The van der Waals surface area contributed by atoms with E-state index in [4.69, 9.17) is 10.5 Å². The molecule has 0 aromatic carbocycles. The number of ether oxygens (including phenoxy) is 1. The standard InChI is InChI=1S/C11H16FN3O/c12-11-14-9(13)6-10(15-11)16-7-8-4-2-1-3-5-8/h6,8H,1-5,7H2,(H2,13,14,15). The highest BCUT2D eigenvalue weighted by Gasteiger charge is 2.14. The number of nitrogens with two attached hydrogens (primary N) is 1. The van der Waals surface area contributed by atoms with Crippen molar-refractivity contribution >= 4 is 5.82 Å². The van der Waals surface area contributed by atoms with Crippen molar-refractivity contribution in [1.82, 2.24) is 9.97 Å². The molecule has 1 heterocycles. The van der Waals surface area contributed by atoms with Gasteiger partial charge in [-0.15, -0.1) is 0 Å². The molecule has 1 fully saturated rings. The van der Waals surface area contributed by atoms with E-state index >= 15 is 0 Å². The molecule has 0 atom stereocenters. The zero-order valence-corrected chi connectivity index (χ0v) is 9.16. The minimum atomic E-state index is -0.835. The fourth-order valence-corrected chi connectivity index (χ4v) is 2.04. The van der Waals surface area contributed by atoms with E-state index in [0.29, 0.717) is 12.5 Å². The molecule has 0 aliphatic heterocycles. The summed E-state index contributed by atoms with van der Waals surface area (Å²) in [6, 6.07) is 1.45. The minimum absolute atomic E-state index is 0.103. The molecular weight excluding hydrogens is 209 g/mol. The number of nitrogen functional groups attached to an aromatic ring is 1. The van der Waals surface area contributed by atoms with E-state index in [1.54, 1.807) is 0 Å². The molecule has 0 radical (unpaired) electrons. The zero-order valence-electron chi connectivity index (χ0n) is 9.16. The lowest BCUT2D eigenvalue weighted by Gasteiger charge is -2.21. The molecule has 2 N–H and O–H groups in total. The Hall–Kier alpha value is -1.39. The van der Waals surface area contributed by atoms with E-state index in [1.165, 1.54) is 38.2 Å². The summed E-state index contributed by atoms with van der Waals surface area (Å²) in [5.41, 5.74) is 5.40. The van der Waals surface area contributed by atoms with Gasteiger partial charge < -0.3 is 10.5 Å². The topological polar surface area (TPSA) is 61.0 Å². The largest absolute Gasteiger partial charge is 0.477 e. The molecule has 0 saturated heterocycles. The molecule has 0 spiro atoms. The summed E-state index contributed by atoms with van der Waals surface area (Å²) in [6.07, 6.45) is 5.36. The highest BCUT2D eigenvalue weighted by Crippen LogP contribution is 2.24. The molecule has 16 heavy (non-hydrogen) atoms. The average molecular weight is 225 g/mol. The fraction of sp³-hybridized carbons (Fsp3) is 0.636. The van der Waals surface area contributed by atoms with Gasteiger partial charge in [0.2, 0.25) is 5.88 Å². The summed E-state index contributed by atoms with van der Waals surface area (Å²) in [6.45, 7) is 0.593. The summed E-state index contributed by atoms with van der Waals surface area (Å²) in [5.74, 6) is 0.898. The molecule has 1 aromatic rings. The Morgan fingerprint density at radius 3 is 2.75 bits per heavy atom. The van der Waals surface area contributed by atoms with Crippen LogP contribution in [0, 0.1) is 12.0 Å². The fourth-order valence-electron chi connectivity index (χ4n) is 2.04. The van der Waals surface area contributed by atoms with Crippen LogP contribution in [0.15, 0.2) is 6.07 Å².